The van der Waals surface area contributed by atoms with Gasteiger partial charge in [0, 0.05) is 29.7 Å². The molecule has 0 aliphatic heterocycles. The summed E-state index contributed by atoms with van der Waals surface area (Å²) in [7, 11) is 0. The first-order valence-corrected chi connectivity index (χ1v) is 7.20. The number of hydrogen-bond acceptors (Lipinski definition) is 4. The van der Waals surface area contributed by atoms with Crippen molar-refractivity contribution < 1.29 is 14.8 Å². The van der Waals surface area contributed by atoms with Crippen LogP contribution in [0.3, 0.4) is 0 Å². The van der Waals surface area contributed by atoms with Crippen molar-refractivity contribution in [2.45, 2.75) is 32.1 Å². The monoisotopic (exact) mass is 292 g/mol. The Labute approximate surface area is 123 Å². The maximum atomic E-state index is 12.1. The quantitative estimate of drug-likeness (QED) is 0.643. The average Bonchev–Trinajstić information content (AvgIpc) is 2.53. The highest BCUT2D eigenvalue weighted by Crippen LogP contribution is 2.35. The number of aliphatic hydroxyl groups is 1. The molecular weight excluding hydrogens is 272 g/mol. The molecule has 0 unspecified atom stereocenters. The zero-order chi connectivity index (χ0) is 15.3. The van der Waals surface area contributed by atoms with E-state index in [1.165, 1.54) is 30.7 Å². The highest BCUT2D eigenvalue weighted by Gasteiger charge is 2.31. The van der Waals surface area contributed by atoms with Crippen LogP contribution in [0.2, 0.25) is 0 Å². The van der Waals surface area contributed by atoms with Gasteiger partial charge in [-0.05, 0) is 25.0 Å². The third kappa shape index (κ3) is 3.78. The lowest BCUT2D eigenvalue weighted by Crippen LogP contribution is -2.41. The van der Waals surface area contributed by atoms with Gasteiger partial charge in [0.15, 0.2) is 0 Å². The normalized spacial score (nSPS) is 17.2. The number of nitro benzene ring substituents is 1. The van der Waals surface area contributed by atoms with Gasteiger partial charge in [-0.1, -0.05) is 19.3 Å². The van der Waals surface area contributed by atoms with Crippen LogP contribution in [0.25, 0.3) is 0 Å². The number of benzene rings is 1. The van der Waals surface area contributed by atoms with Crippen LogP contribution in [-0.2, 0) is 0 Å². The van der Waals surface area contributed by atoms with Gasteiger partial charge in [-0.3, -0.25) is 14.9 Å². The van der Waals surface area contributed by atoms with E-state index in [4.69, 9.17) is 0 Å². The zero-order valence-corrected chi connectivity index (χ0v) is 11.9. The molecule has 0 saturated heterocycles. The molecule has 0 atom stereocenters. The molecule has 0 radical (unpaired) electrons. The summed E-state index contributed by atoms with van der Waals surface area (Å²) in [6.45, 7) is 0.521. The van der Waals surface area contributed by atoms with E-state index in [0.29, 0.717) is 12.1 Å². The number of non-ortho nitro benzene ring substituents is 1. The van der Waals surface area contributed by atoms with E-state index in [2.05, 4.69) is 5.32 Å². The van der Waals surface area contributed by atoms with Crippen molar-refractivity contribution in [1.82, 2.24) is 5.32 Å². The number of nitrogens with zero attached hydrogens (tertiary/aromatic N) is 1. The number of amides is 1. The molecule has 0 aromatic heterocycles. The Balaban J connectivity index is 1.96. The summed E-state index contributed by atoms with van der Waals surface area (Å²) in [5.41, 5.74) is 0.143. The van der Waals surface area contributed by atoms with Gasteiger partial charge in [0.05, 0.1) is 11.5 Å². The first kappa shape index (κ1) is 15.4. The van der Waals surface area contributed by atoms with Gasteiger partial charge in [0.2, 0.25) is 0 Å². The van der Waals surface area contributed by atoms with E-state index in [1.54, 1.807) is 0 Å². The number of carbonyl (C=O) groups excluding carboxylic acids is 1. The second-order valence-corrected chi connectivity index (χ2v) is 5.71. The third-order valence-electron chi connectivity index (χ3n) is 4.21. The lowest BCUT2D eigenvalue weighted by Gasteiger charge is -2.35. The fourth-order valence-electron chi connectivity index (χ4n) is 2.80. The highest BCUT2D eigenvalue weighted by atomic mass is 16.6. The van der Waals surface area contributed by atoms with Crippen molar-refractivity contribution in [3.8, 4) is 0 Å². The molecule has 0 bridgehead atoms. The zero-order valence-electron chi connectivity index (χ0n) is 11.9. The molecule has 0 spiro atoms. The molecule has 1 aliphatic carbocycles. The minimum Gasteiger partial charge on any atom is -0.396 e. The number of aliphatic hydroxyl groups excluding tert-OH is 1. The SMILES string of the molecule is O=C(NCC1(CO)CCCCC1)c1ccc([N+](=O)[O-])cc1. The summed E-state index contributed by atoms with van der Waals surface area (Å²) in [6, 6.07) is 5.52. The molecule has 6 nitrogen and oxygen atoms in total. The van der Waals surface area contributed by atoms with Crippen LogP contribution < -0.4 is 5.32 Å². The lowest BCUT2D eigenvalue weighted by molar-refractivity contribution is -0.384. The predicted molar refractivity (Wildman–Crippen MR) is 78.0 cm³/mol. The Morgan fingerprint density at radius 3 is 2.38 bits per heavy atom. The molecule has 1 fully saturated rings. The fraction of sp³-hybridized carbons (Fsp3) is 0.533. The number of rotatable bonds is 5. The number of carbonyl (C=O) groups is 1. The highest BCUT2D eigenvalue weighted by molar-refractivity contribution is 5.94. The number of nitro groups is 1. The molecule has 1 aromatic carbocycles. The van der Waals surface area contributed by atoms with Crippen LogP contribution in [0.4, 0.5) is 5.69 Å². The molecule has 1 saturated carbocycles. The van der Waals surface area contributed by atoms with E-state index < -0.39 is 4.92 Å². The van der Waals surface area contributed by atoms with Gasteiger partial charge < -0.3 is 10.4 Å². The largest absolute Gasteiger partial charge is 0.396 e. The maximum absolute atomic E-state index is 12.1. The van der Waals surface area contributed by atoms with Crippen LogP contribution >= 0.6 is 0 Å². The smallest absolute Gasteiger partial charge is 0.269 e. The first-order chi connectivity index (χ1) is 10.1. The third-order valence-corrected chi connectivity index (χ3v) is 4.21. The molecule has 21 heavy (non-hydrogen) atoms. The Hall–Kier alpha value is -1.95. The molecule has 0 heterocycles. The van der Waals surface area contributed by atoms with Crippen LogP contribution in [-0.4, -0.2) is 29.1 Å². The van der Waals surface area contributed by atoms with Crippen molar-refractivity contribution >= 4 is 11.6 Å². The van der Waals surface area contributed by atoms with E-state index in [1.807, 2.05) is 0 Å². The van der Waals surface area contributed by atoms with Crippen LogP contribution in [0.5, 0.6) is 0 Å². The summed E-state index contributed by atoms with van der Waals surface area (Å²) in [4.78, 5) is 22.1. The molecule has 114 valence electrons. The Morgan fingerprint density at radius 2 is 1.86 bits per heavy atom. The number of nitrogens with one attached hydrogen (secondary N) is 1. The van der Waals surface area contributed by atoms with Crippen molar-refractivity contribution in [3.63, 3.8) is 0 Å². The van der Waals surface area contributed by atoms with E-state index in [-0.39, 0.29) is 23.6 Å². The standard InChI is InChI=1S/C15H20N2O4/c18-11-15(8-2-1-3-9-15)10-16-14(19)12-4-6-13(7-5-12)17(20)21/h4-7,18H,1-3,8-11H2,(H,16,19). The Kier molecular flexibility index (Phi) is 4.90. The summed E-state index contributed by atoms with van der Waals surface area (Å²) < 4.78 is 0. The molecule has 2 rings (SSSR count). The lowest BCUT2D eigenvalue weighted by atomic mass is 9.74. The summed E-state index contributed by atoms with van der Waals surface area (Å²) in [6.07, 6.45) is 5.17. The maximum Gasteiger partial charge on any atom is 0.269 e. The molecule has 2 N–H and O–H groups in total. The fourth-order valence-corrected chi connectivity index (χ4v) is 2.80. The van der Waals surface area contributed by atoms with Crippen molar-refractivity contribution in [3.05, 3.63) is 39.9 Å². The van der Waals surface area contributed by atoms with Crippen LogP contribution in [0.15, 0.2) is 24.3 Å². The van der Waals surface area contributed by atoms with Crippen molar-refractivity contribution in [2.24, 2.45) is 5.41 Å². The second-order valence-electron chi connectivity index (χ2n) is 5.71. The molecule has 1 aliphatic rings. The Bertz CT molecular complexity index is 507. The molecule has 1 amide bonds. The average molecular weight is 292 g/mol. The van der Waals surface area contributed by atoms with Gasteiger partial charge in [0.25, 0.3) is 11.6 Å². The van der Waals surface area contributed by atoms with Gasteiger partial charge in [-0.2, -0.15) is 0 Å². The molecule has 6 heteroatoms. The topological polar surface area (TPSA) is 92.5 Å². The van der Waals surface area contributed by atoms with Crippen LogP contribution in [0, 0.1) is 15.5 Å². The van der Waals surface area contributed by atoms with Gasteiger partial charge in [-0.15, -0.1) is 0 Å². The van der Waals surface area contributed by atoms with Crippen molar-refractivity contribution in [2.75, 3.05) is 13.2 Å². The van der Waals surface area contributed by atoms with E-state index in [0.717, 1.165) is 25.7 Å². The minimum atomic E-state index is -0.496. The number of hydrogen-bond donors (Lipinski definition) is 2. The van der Waals surface area contributed by atoms with Crippen LogP contribution in [0.1, 0.15) is 42.5 Å². The second kappa shape index (κ2) is 6.67. The van der Waals surface area contributed by atoms with Gasteiger partial charge in [0.1, 0.15) is 0 Å². The molecule has 1 aromatic rings. The summed E-state index contributed by atoms with van der Waals surface area (Å²) in [5, 5.41) is 23.0. The summed E-state index contributed by atoms with van der Waals surface area (Å²) in [5.74, 6) is -0.261. The van der Waals surface area contributed by atoms with Gasteiger partial charge in [-0.25, -0.2) is 0 Å². The predicted octanol–water partition coefficient (Wildman–Crippen LogP) is 2.27. The summed E-state index contributed by atoms with van der Waals surface area (Å²) >= 11 is 0. The minimum absolute atomic E-state index is 0.0364. The Morgan fingerprint density at radius 1 is 1.24 bits per heavy atom. The van der Waals surface area contributed by atoms with Gasteiger partial charge >= 0.3 is 0 Å². The van der Waals surface area contributed by atoms with E-state index in [9.17, 15) is 20.0 Å². The first-order valence-electron chi connectivity index (χ1n) is 7.20. The molecular formula is C15H20N2O4. The van der Waals surface area contributed by atoms with E-state index >= 15 is 0 Å². The van der Waals surface area contributed by atoms with Crippen molar-refractivity contribution in [1.29, 1.82) is 0 Å².